The molecule has 0 saturated carbocycles. The Morgan fingerprint density at radius 1 is 1.33 bits per heavy atom. The Morgan fingerprint density at radius 2 is 2.00 bits per heavy atom. The van der Waals surface area contributed by atoms with Gasteiger partial charge in [-0.15, -0.1) is 0 Å². The number of benzene rings is 1. The SMILES string of the molecule is CCc1cccc(Cl)c1-c1ncc(C(N)=O)cn1. The number of carbonyl (C=O) groups excluding carboxylic acids is 1. The van der Waals surface area contributed by atoms with Crippen molar-refractivity contribution in [2.24, 2.45) is 5.73 Å². The van der Waals surface area contributed by atoms with Gasteiger partial charge in [0.2, 0.25) is 0 Å². The van der Waals surface area contributed by atoms with Crippen LogP contribution in [0.25, 0.3) is 11.4 Å². The van der Waals surface area contributed by atoms with E-state index in [2.05, 4.69) is 9.97 Å². The van der Waals surface area contributed by atoms with Crippen molar-refractivity contribution >= 4 is 17.5 Å². The highest BCUT2D eigenvalue weighted by Crippen LogP contribution is 2.29. The molecule has 0 radical (unpaired) electrons. The highest BCUT2D eigenvalue weighted by molar-refractivity contribution is 6.33. The molecule has 1 amide bonds. The lowest BCUT2D eigenvalue weighted by Crippen LogP contribution is -2.12. The highest BCUT2D eigenvalue weighted by atomic mass is 35.5. The van der Waals surface area contributed by atoms with Gasteiger partial charge in [-0.1, -0.05) is 30.7 Å². The van der Waals surface area contributed by atoms with Gasteiger partial charge in [0.05, 0.1) is 10.6 Å². The summed E-state index contributed by atoms with van der Waals surface area (Å²) in [4.78, 5) is 19.2. The second-order valence-corrected chi connectivity index (χ2v) is 4.19. The third kappa shape index (κ3) is 2.33. The number of nitrogens with two attached hydrogens (primary N) is 1. The number of primary amides is 1. The predicted molar refractivity (Wildman–Crippen MR) is 70.4 cm³/mol. The first kappa shape index (κ1) is 12.5. The van der Waals surface area contributed by atoms with Gasteiger partial charge in [0.1, 0.15) is 0 Å². The standard InChI is InChI=1S/C13H12ClN3O/c1-2-8-4-3-5-10(14)11(8)13-16-6-9(7-17-13)12(15)18/h3-7H,2H2,1H3,(H2,15,18). The molecule has 1 aromatic carbocycles. The summed E-state index contributed by atoms with van der Waals surface area (Å²) in [6.45, 7) is 2.03. The second kappa shape index (κ2) is 5.14. The number of carbonyl (C=O) groups is 1. The maximum Gasteiger partial charge on any atom is 0.251 e. The molecule has 1 heterocycles. The summed E-state index contributed by atoms with van der Waals surface area (Å²) in [5.74, 6) is -0.0427. The van der Waals surface area contributed by atoms with E-state index in [1.54, 1.807) is 6.07 Å². The molecule has 0 spiro atoms. The van der Waals surface area contributed by atoms with E-state index in [0.717, 1.165) is 17.5 Å². The average molecular weight is 262 g/mol. The van der Waals surface area contributed by atoms with Gasteiger partial charge in [0, 0.05) is 18.0 Å². The first-order chi connectivity index (χ1) is 8.63. The third-order valence-electron chi connectivity index (χ3n) is 2.64. The molecule has 0 unspecified atom stereocenters. The Hall–Kier alpha value is -1.94. The van der Waals surface area contributed by atoms with Crippen LogP contribution in [0.4, 0.5) is 0 Å². The molecule has 1 aromatic heterocycles. The van der Waals surface area contributed by atoms with Crippen LogP contribution >= 0.6 is 11.6 Å². The molecule has 5 heteroatoms. The van der Waals surface area contributed by atoms with Gasteiger partial charge in [0.25, 0.3) is 5.91 Å². The van der Waals surface area contributed by atoms with E-state index in [9.17, 15) is 4.79 Å². The summed E-state index contributed by atoms with van der Waals surface area (Å²) in [6.07, 6.45) is 3.65. The zero-order valence-corrected chi connectivity index (χ0v) is 10.6. The van der Waals surface area contributed by atoms with Crippen molar-refractivity contribution in [3.63, 3.8) is 0 Å². The number of amides is 1. The maximum atomic E-state index is 11.0. The van der Waals surface area contributed by atoms with Crippen LogP contribution in [0.3, 0.4) is 0 Å². The lowest BCUT2D eigenvalue weighted by Gasteiger charge is -2.08. The van der Waals surface area contributed by atoms with Crippen molar-refractivity contribution in [2.45, 2.75) is 13.3 Å². The topological polar surface area (TPSA) is 68.9 Å². The molecule has 2 N–H and O–H groups in total. The summed E-state index contributed by atoms with van der Waals surface area (Å²) in [5.41, 5.74) is 7.29. The number of hydrogen-bond acceptors (Lipinski definition) is 3. The molecule has 0 fully saturated rings. The van der Waals surface area contributed by atoms with E-state index in [-0.39, 0.29) is 5.56 Å². The highest BCUT2D eigenvalue weighted by Gasteiger charge is 2.11. The average Bonchev–Trinajstić information content (AvgIpc) is 2.38. The van der Waals surface area contributed by atoms with Gasteiger partial charge in [-0.25, -0.2) is 9.97 Å². The first-order valence-corrected chi connectivity index (χ1v) is 5.91. The summed E-state index contributed by atoms with van der Waals surface area (Å²) in [5, 5.41) is 0.598. The fourth-order valence-electron chi connectivity index (χ4n) is 1.70. The van der Waals surface area contributed by atoms with Crippen LogP contribution in [0.5, 0.6) is 0 Å². The summed E-state index contributed by atoms with van der Waals surface area (Å²) < 4.78 is 0. The van der Waals surface area contributed by atoms with E-state index in [1.807, 2.05) is 19.1 Å². The quantitative estimate of drug-likeness (QED) is 0.923. The van der Waals surface area contributed by atoms with Crippen LogP contribution in [-0.2, 0) is 6.42 Å². The Balaban J connectivity index is 2.52. The van der Waals surface area contributed by atoms with E-state index in [4.69, 9.17) is 17.3 Å². The molecule has 0 aliphatic carbocycles. The molecule has 18 heavy (non-hydrogen) atoms. The van der Waals surface area contributed by atoms with Gasteiger partial charge in [-0.3, -0.25) is 4.79 Å². The summed E-state index contributed by atoms with van der Waals surface area (Å²) in [7, 11) is 0. The van der Waals surface area contributed by atoms with E-state index < -0.39 is 5.91 Å². The number of halogens is 1. The minimum absolute atomic E-state index is 0.281. The van der Waals surface area contributed by atoms with Crippen LogP contribution in [0.2, 0.25) is 5.02 Å². The molecule has 4 nitrogen and oxygen atoms in total. The number of rotatable bonds is 3. The number of aryl methyl sites for hydroxylation is 1. The third-order valence-corrected chi connectivity index (χ3v) is 2.96. The molecule has 0 aliphatic heterocycles. The maximum absolute atomic E-state index is 11.0. The lowest BCUT2D eigenvalue weighted by atomic mass is 10.0. The predicted octanol–water partition coefficient (Wildman–Crippen LogP) is 2.46. The van der Waals surface area contributed by atoms with E-state index in [1.165, 1.54) is 12.4 Å². The Morgan fingerprint density at radius 3 is 2.56 bits per heavy atom. The van der Waals surface area contributed by atoms with Gasteiger partial charge in [-0.05, 0) is 18.1 Å². The molecule has 92 valence electrons. The van der Waals surface area contributed by atoms with E-state index in [0.29, 0.717) is 10.8 Å². The minimum Gasteiger partial charge on any atom is -0.366 e. The first-order valence-electron chi connectivity index (χ1n) is 5.53. The van der Waals surface area contributed by atoms with Crippen molar-refractivity contribution in [1.82, 2.24) is 9.97 Å². The van der Waals surface area contributed by atoms with E-state index >= 15 is 0 Å². The molecule has 0 bridgehead atoms. The monoisotopic (exact) mass is 261 g/mol. The van der Waals surface area contributed by atoms with Crippen LogP contribution in [0.15, 0.2) is 30.6 Å². The minimum atomic E-state index is -0.545. The molecule has 2 rings (SSSR count). The second-order valence-electron chi connectivity index (χ2n) is 3.79. The van der Waals surface area contributed by atoms with Crippen molar-refractivity contribution in [1.29, 1.82) is 0 Å². The van der Waals surface area contributed by atoms with Crippen molar-refractivity contribution in [3.8, 4) is 11.4 Å². The molecule has 0 saturated heterocycles. The Bertz CT molecular complexity index is 581. The zero-order valence-electron chi connectivity index (χ0n) is 9.85. The van der Waals surface area contributed by atoms with Gasteiger partial charge in [-0.2, -0.15) is 0 Å². The lowest BCUT2D eigenvalue weighted by molar-refractivity contribution is 0.0999. The van der Waals surface area contributed by atoms with Crippen LogP contribution < -0.4 is 5.73 Å². The van der Waals surface area contributed by atoms with Gasteiger partial charge >= 0.3 is 0 Å². The molecule has 2 aromatic rings. The number of nitrogens with zero attached hydrogens (tertiary/aromatic N) is 2. The Labute approximate surface area is 110 Å². The fourth-order valence-corrected chi connectivity index (χ4v) is 1.98. The van der Waals surface area contributed by atoms with Crippen molar-refractivity contribution in [2.75, 3.05) is 0 Å². The van der Waals surface area contributed by atoms with Gasteiger partial charge < -0.3 is 5.73 Å². The fraction of sp³-hybridized carbons (Fsp3) is 0.154. The van der Waals surface area contributed by atoms with Crippen molar-refractivity contribution < 1.29 is 4.79 Å². The van der Waals surface area contributed by atoms with Crippen LogP contribution in [-0.4, -0.2) is 15.9 Å². The number of hydrogen-bond donors (Lipinski definition) is 1. The molecular formula is C13H12ClN3O. The van der Waals surface area contributed by atoms with Crippen LogP contribution in [0.1, 0.15) is 22.8 Å². The van der Waals surface area contributed by atoms with Crippen molar-refractivity contribution in [3.05, 3.63) is 46.7 Å². The normalized spacial score (nSPS) is 10.3. The number of aromatic nitrogens is 2. The zero-order chi connectivity index (χ0) is 13.1. The largest absolute Gasteiger partial charge is 0.366 e. The smallest absolute Gasteiger partial charge is 0.251 e. The molecular weight excluding hydrogens is 250 g/mol. The molecule has 0 aliphatic rings. The molecule has 0 atom stereocenters. The van der Waals surface area contributed by atoms with Crippen LogP contribution in [0, 0.1) is 0 Å². The summed E-state index contributed by atoms with van der Waals surface area (Å²) >= 11 is 6.17. The summed E-state index contributed by atoms with van der Waals surface area (Å²) in [6, 6.07) is 5.66. The Kier molecular flexibility index (Phi) is 3.58. The van der Waals surface area contributed by atoms with Gasteiger partial charge in [0.15, 0.2) is 5.82 Å².